The second-order valence-electron chi connectivity index (χ2n) is 6.28. The van der Waals surface area contributed by atoms with Crippen LogP contribution in [0.2, 0.25) is 0 Å². The van der Waals surface area contributed by atoms with Crippen molar-refractivity contribution in [3.63, 3.8) is 0 Å². The van der Waals surface area contributed by atoms with Crippen LogP contribution in [0.3, 0.4) is 0 Å². The lowest BCUT2D eigenvalue weighted by Gasteiger charge is -2.44. The van der Waals surface area contributed by atoms with Gasteiger partial charge in [-0.05, 0) is 42.4 Å². The zero-order valence-corrected chi connectivity index (χ0v) is 20.4. The zero-order chi connectivity index (χ0) is 18.6. The number of nitrogens with one attached hydrogen (secondary N) is 1. The Balaban J connectivity index is 2.13. The Kier molecular flexibility index (Phi) is 8.45. The standard InChI is InChI=1S/C15H22I3NO6/c1-2-22-11(20)7-13(25-12(21)15(17,8-16)19-18)9-23-14(24-10-13)5-3-4-6-14/h19H,2-10H2,1H3. The average molecular weight is 693 g/mol. The molecule has 2 fully saturated rings. The molecule has 0 bridgehead atoms. The third kappa shape index (κ3) is 5.51. The number of rotatable bonds is 7. The molecule has 1 saturated heterocycles. The summed E-state index contributed by atoms with van der Waals surface area (Å²) in [5.74, 6) is -1.46. The van der Waals surface area contributed by atoms with Gasteiger partial charge in [-0.15, -0.1) is 0 Å². The normalized spacial score (nSPS) is 23.8. The number of carbonyl (C=O) groups is 2. The van der Waals surface area contributed by atoms with Gasteiger partial charge in [-0.3, -0.25) is 4.79 Å². The van der Waals surface area contributed by atoms with E-state index in [9.17, 15) is 9.59 Å². The van der Waals surface area contributed by atoms with Gasteiger partial charge in [0.25, 0.3) is 0 Å². The number of hydrogen-bond donors (Lipinski definition) is 1. The lowest BCUT2D eigenvalue weighted by atomic mass is 9.99. The summed E-state index contributed by atoms with van der Waals surface area (Å²) in [6.45, 7) is 2.28. The summed E-state index contributed by atoms with van der Waals surface area (Å²) in [7, 11) is 0. The van der Waals surface area contributed by atoms with E-state index in [0.717, 1.165) is 25.7 Å². The highest BCUT2D eigenvalue weighted by Gasteiger charge is 2.51. The number of ether oxygens (including phenoxy) is 4. The molecule has 1 unspecified atom stereocenters. The van der Waals surface area contributed by atoms with E-state index in [1.54, 1.807) is 6.92 Å². The number of esters is 2. The SMILES string of the molecule is CCOC(=O)CC1(OC(=O)C(I)(CI)NI)COC2(CCCC2)OC1. The fourth-order valence-electron chi connectivity index (χ4n) is 2.88. The van der Waals surface area contributed by atoms with Crippen LogP contribution in [-0.4, -0.2) is 51.1 Å². The summed E-state index contributed by atoms with van der Waals surface area (Å²) in [5, 5.41) is 0. The molecule has 0 aromatic heterocycles. The molecule has 1 saturated carbocycles. The molecule has 1 N–H and O–H groups in total. The maximum absolute atomic E-state index is 12.7. The molecule has 1 heterocycles. The van der Waals surface area contributed by atoms with Crippen LogP contribution in [0.1, 0.15) is 39.0 Å². The van der Waals surface area contributed by atoms with Gasteiger partial charge >= 0.3 is 11.9 Å². The molecule has 25 heavy (non-hydrogen) atoms. The summed E-state index contributed by atoms with van der Waals surface area (Å²) >= 11 is 6.06. The van der Waals surface area contributed by atoms with Gasteiger partial charge in [0.15, 0.2) is 14.9 Å². The van der Waals surface area contributed by atoms with Crippen LogP contribution in [0.4, 0.5) is 0 Å². The highest BCUT2D eigenvalue weighted by atomic mass is 127. The van der Waals surface area contributed by atoms with Crippen LogP contribution in [0.25, 0.3) is 0 Å². The van der Waals surface area contributed by atoms with E-state index in [2.05, 4.69) is 26.1 Å². The van der Waals surface area contributed by atoms with Crippen molar-refractivity contribution in [1.29, 1.82) is 0 Å². The van der Waals surface area contributed by atoms with Crippen molar-refractivity contribution >= 4 is 80.0 Å². The maximum Gasteiger partial charge on any atom is 0.338 e. The summed E-state index contributed by atoms with van der Waals surface area (Å²) in [6, 6.07) is 0. The lowest BCUT2D eigenvalue weighted by molar-refractivity contribution is -0.317. The Labute approximate surface area is 188 Å². The van der Waals surface area contributed by atoms with Crippen LogP contribution in [0, 0.1) is 0 Å². The van der Waals surface area contributed by atoms with E-state index in [1.165, 1.54) is 0 Å². The van der Waals surface area contributed by atoms with E-state index in [1.807, 2.05) is 45.5 Å². The molecule has 7 nitrogen and oxygen atoms in total. The first-order valence-corrected chi connectivity index (χ1v) is 11.8. The molecular formula is C15H22I3NO6. The third-order valence-corrected chi connectivity index (χ3v) is 9.95. The Bertz CT molecular complexity index is 484. The van der Waals surface area contributed by atoms with Crippen LogP contribution in [0.5, 0.6) is 0 Å². The molecule has 1 aliphatic heterocycles. The predicted molar refractivity (Wildman–Crippen MR) is 116 cm³/mol. The number of alkyl halides is 2. The molecule has 10 heteroatoms. The molecular weight excluding hydrogens is 671 g/mol. The average Bonchev–Trinajstić information content (AvgIpc) is 3.06. The Morgan fingerprint density at radius 2 is 1.84 bits per heavy atom. The third-order valence-electron chi connectivity index (χ3n) is 4.30. The summed E-state index contributed by atoms with van der Waals surface area (Å²) < 4.78 is 25.3. The fourth-order valence-corrected chi connectivity index (χ4v) is 4.63. The van der Waals surface area contributed by atoms with Crippen molar-refractivity contribution in [3.8, 4) is 0 Å². The molecule has 2 rings (SSSR count). The molecule has 0 amide bonds. The lowest BCUT2D eigenvalue weighted by Crippen LogP contribution is -2.58. The smallest absolute Gasteiger partial charge is 0.338 e. The second kappa shape index (κ2) is 9.47. The fraction of sp³-hybridized carbons (Fsp3) is 0.867. The van der Waals surface area contributed by atoms with Crippen molar-refractivity contribution < 1.29 is 28.5 Å². The van der Waals surface area contributed by atoms with Crippen molar-refractivity contribution in [3.05, 3.63) is 0 Å². The topological polar surface area (TPSA) is 83.1 Å². The van der Waals surface area contributed by atoms with Gasteiger partial charge in [0.2, 0.25) is 0 Å². The number of carbonyl (C=O) groups excluding carboxylic acids is 2. The first-order valence-electron chi connectivity index (χ1n) is 8.12. The predicted octanol–water partition coefficient (Wildman–Crippen LogP) is 3.04. The molecule has 2 aliphatic rings. The molecule has 1 spiro atoms. The summed E-state index contributed by atoms with van der Waals surface area (Å²) in [5.41, 5.74) is -1.16. The Hall–Kier alpha value is 1.01. The number of halogens is 3. The van der Waals surface area contributed by atoms with Gasteiger partial charge in [-0.2, -0.15) is 0 Å². The first-order chi connectivity index (χ1) is 11.8. The molecule has 0 radical (unpaired) electrons. The number of hydrogen-bond acceptors (Lipinski definition) is 7. The van der Waals surface area contributed by atoms with E-state index < -0.39 is 26.9 Å². The van der Waals surface area contributed by atoms with E-state index in [0.29, 0.717) is 4.43 Å². The van der Waals surface area contributed by atoms with E-state index >= 15 is 0 Å². The molecule has 1 atom stereocenters. The maximum atomic E-state index is 12.7. The Morgan fingerprint density at radius 3 is 2.32 bits per heavy atom. The zero-order valence-electron chi connectivity index (χ0n) is 13.9. The van der Waals surface area contributed by atoms with Crippen LogP contribution in [0.15, 0.2) is 0 Å². The second-order valence-corrected chi connectivity index (χ2v) is 9.42. The quantitative estimate of drug-likeness (QED) is 0.145. The molecule has 0 aromatic rings. The van der Waals surface area contributed by atoms with Crippen molar-refractivity contribution in [2.45, 2.75) is 54.0 Å². The van der Waals surface area contributed by atoms with Crippen LogP contribution >= 0.6 is 68.0 Å². The van der Waals surface area contributed by atoms with Gasteiger partial charge < -0.3 is 18.9 Å². The molecule has 144 valence electrons. The monoisotopic (exact) mass is 693 g/mol. The summed E-state index contributed by atoms with van der Waals surface area (Å²) in [6.07, 6.45) is 3.67. The molecule has 1 aliphatic carbocycles. The Morgan fingerprint density at radius 1 is 1.24 bits per heavy atom. The first kappa shape index (κ1) is 22.3. The van der Waals surface area contributed by atoms with Gasteiger partial charge in [-0.1, -0.05) is 22.6 Å². The van der Waals surface area contributed by atoms with Crippen molar-refractivity contribution in [2.24, 2.45) is 0 Å². The van der Waals surface area contributed by atoms with Crippen LogP contribution in [-0.2, 0) is 28.5 Å². The summed E-state index contributed by atoms with van der Waals surface area (Å²) in [4.78, 5) is 24.7. The minimum absolute atomic E-state index is 0.0854. The van der Waals surface area contributed by atoms with Gasteiger partial charge in [-0.25, -0.2) is 8.32 Å². The van der Waals surface area contributed by atoms with Crippen molar-refractivity contribution in [1.82, 2.24) is 3.53 Å². The molecule has 0 aromatic carbocycles. The highest BCUT2D eigenvalue weighted by molar-refractivity contribution is 14.1. The minimum atomic E-state index is -1.16. The minimum Gasteiger partial charge on any atom is -0.466 e. The van der Waals surface area contributed by atoms with E-state index in [4.69, 9.17) is 18.9 Å². The van der Waals surface area contributed by atoms with E-state index in [-0.39, 0.29) is 26.2 Å². The van der Waals surface area contributed by atoms with Gasteiger partial charge in [0.1, 0.15) is 0 Å². The van der Waals surface area contributed by atoms with Gasteiger partial charge in [0.05, 0.1) is 26.2 Å². The van der Waals surface area contributed by atoms with Crippen molar-refractivity contribution in [2.75, 3.05) is 24.2 Å². The largest absolute Gasteiger partial charge is 0.466 e. The van der Waals surface area contributed by atoms with Gasteiger partial charge in [0, 0.05) is 40.1 Å². The van der Waals surface area contributed by atoms with Crippen LogP contribution < -0.4 is 3.53 Å². The highest BCUT2D eigenvalue weighted by Crippen LogP contribution is 2.40.